The lowest BCUT2D eigenvalue weighted by molar-refractivity contribution is 0.782. The fourth-order valence-electron chi connectivity index (χ4n) is 1.88. The molecule has 19 heavy (non-hydrogen) atoms. The van der Waals surface area contributed by atoms with Gasteiger partial charge in [0.1, 0.15) is 21.6 Å². The summed E-state index contributed by atoms with van der Waals surface area (Å²) in [5.41, 5.74) is 1.36. The van der Waals surface area contributed by atoms with Gasteiger partial charge in [0.15, 0.2) is 5.65 Å². The van der Waals surface area contributed by atoms with Gasteiger partial charge in [0.25, 0.3) is 0 Å². The van der Waals surface area contributed by atoms with Gasteiger partial charge in [-0.25, -0.2) is 4.52 Å². The quantitative estimate of drug-likeness (QED) is 0.731. The number of nitriles is 1. The van der Waals surface area contributed by atoms with Crippen LogP contribution in [0.3, 0.4) is 0 Å². The lowest BCUT2D eigenvalue weighted by Gasteiger charge is -1.99. The van der Waals surface area contributed by atoms with Crippen LogP contribution in [0.15, 0.2) is 18.6 Å². The Morgan fingerprint density at radius 1 is 1.37 bits per heavy atom. The summed E-state index contributed by atoms with van der Waals surface area (Å²) < 4.78 is 3.67. The molecule has 0 aromatic carbocycles. The molecule has 0 amide bonds. The van der Waals surface area contributed by atoms with Crippen LogP contribution in [0.25, 0.3) is 5.65 Å². The highest BCUT2D eigenvalue weighted by Gasteiger charge is 2.12. The molecule has 0 aliphatic rings. The Kier molecular flexibility index (Phi) is 2.80. The van der Waals surface area contributed by atoms with Crippen LogP contribution in [0.5, 0.6) is 0 Å². The molecule has 3 aromatic heterocycles. The summed E-state index contributed by atoms with van der Waals surface area (Å²) in [6, 6.07) is 2.15. The maximum atomic E-state index is 9.07. The van der Waals surface area contributed by atoms with Crippen molar-refractivity contribution in [2.75, 3.05) is 0 Å². The van der Waals surface area contributed by atoms with E-state index in [1.807, 2.05) is 17.0 Å². The van der Waals surface area contributed by atoms with E-state index in [1.165, 1.54) is 0 Å². The predicted octanol–water partition coefficient (Wildman–Crippen LogP) is 2.03. The molecule has 0 fully saturated rings. The molecule has 0 saturated heterocycles. The van der Waals surface area contributed by atoms with E-state index in [-0.39, 0.29) is 0 Å². The summed E-state index contributed by atoms with van der Waals surface area (Å²) in [5.74, 6) is 0.389. The third-order valence-electron chi connectivity index (χ3n) is 2.83. The van der Waals surface area contributed by atoms with E-state index in [4.69, 9.17) is 5.26 Å². The average Bonchev–Trinajstić information content (AvgIpc) is 3.07. The molecule has 6 nitrogen and oxygen atoms in total. The molecule has 0 atom stereocenters. The molecule has 0 radical (unpaired) electrons. The molecule has 3 rings (SSSR count). The highest BCUT2D eigenvalue weighted by Crippen LogP contribution is 2.20. The summed E-state index contributed by atoms with van der Waals surface area (Å²) in [6.07, 6.45) is 5.31. The lowest BCUT2D eigenvalue weighted by atomic mass is 10.2. The molecule has 0 N–H and O–H groups in total. The van der Waals surface area contributed by atoms with E-state index < -0.39 is 0 Å². The smallest absolute Gasteiger partial charge is 0.154 e. The van der Waals surface area contributed by atoms with Crippen LogP contribution in [-0.2, 0) is 6.54 Å². The molecule has 3 heterocycles. The first-order chi connectivity index (χ1) is 9.19. The summed E-state index contributed by atoms with van der Waals surface area (Å²) in [6.45, 7) is 4.81. The van der Waals surface area contributed by atoms with Gasteiger partial charge < -0.3 is 4.57 Å². The Balaban J connectivity index is 1.96. The lowest BCUT2D eigenvalue weighted by Crippen LogP contribution is -1.99. The average molecular weight is 272 g/mol. The first kappa shape index (κ1) is 11.9. The summed E-state index contributed by atoms with van der Waals surface area (Å²) in [5, 5.41) is 23.5. The highest BCUT2D eigenvalue weighted by molar-refractivity contribution is 7.11. The van der Waals surface area contributed by atoms with Gasteiger partial charge in [0, 0.05) is 18.3 Å². The van der Waals surface area contributed by atoms with Gasteiger partial charge in [-0.05, 0) is 0 Å². The minimum atomic E-state index is 0.389. The van der Waals surface area contributed by atoms with Crippen LogP contribution in [0.2, 0.25) is 0 Å². The van der Waals surface area contributed by atoms with Gasteiger partial charge in [0.2, 0.25) is 0 Å². The molecule has 0 aliphatic heterocycles. The van der Waals surface area contributed by atoms with Crippen LogP contribution in [0.1, 0.15) is 35.3 Å². The van der Waals surface area contributed by atoms with Crippen molar-refractivity contribution in [3.8, 4) is 6.07 Å². The van der Waals surface area contributed by atoms with Crippen molar-refractivity contribution in [3.05, 3.63) is 34.2 Å². The SMILES string of the molecule is CC(C)c1nnc(Cn2ccn3ncc(C#N)c23)s1. The standard InChI is InChI=1S/C12H12N6S/c1-8(2)11-16-15-10(19-11)7-17-3-4-18-12(17)9(5-13)6-14-18/h3-4,6,8H,7H2,1-2H3. The zero-order chi connectivity index (χ0) is 13.4. The monoisotopic (exact) mass is 272 g/mol. The Bertz CT molecular complexity index is 757. The van der Waals surface area contributed by atoms with Crippen LogP contribution in [0.4, 0.5) is 0 Å². The van der Waals surface area contributed by atoms with Crippen LogP contribution < -0.4 is 0 Å². The molecule has 0 bridgehead atoms. The van der Waals surface area contributed by atoms with Crippen LogP contribution in [-0.4, -0.2) is 24.4 Å². The van der Waals surface area contributed by atoms with Crippen molar-refractivity contribution >= 4 is 17.0 Å². The van der Waals surface area contributed by atoms with Gasteiger partial charge >= 0.3 is 0 Å². The maximum absolute atomic E-state index is 9.07. The Labute approximate surface area is 113 Å². The zero-order valence-corrected chi connectivity index (χ0v) is 11.4. The molecular weight excluding hydrogens is 260 g/mol. The molecule has 0 saturated carbocycles. The Morgan fingerprint density at radius 2 is 2.21 bits per heavy atom. The van der Waals surface area contributed by atoms with E-state index in [0.717, 1.165) is 15.7 Å². The van der Waals surface area contributed by atoms with Crippen molar-refractivity contribution in [3.63, 3.8) is 0 Å². The number of imidazole rings is 1. The minimum absolute atomic E-state index is 0.389. The normalized spacial score (nSPS) is 11.3. The van der Waals surface area contributed by atoms with E-state index >= 15 is 0 Å². The van der Waals surface area contributed by atoms with E-state index in [2.05, 4.69) is 35.2 Å². The van der Waals surface area contributed by atoms with E-state index in [1.54, 1.807) is 22.0 Å². The van der Waals surface area contributed by atoms with Gasteiger partial charge in [-0.1, -0.05) is 25.2 Å². The van der Waals surface area contributed by atoms with Gasteiger partial charge in [-0.3, -0.25) is 0 Å². The number of nitrogens with zero attached hydrogens (tertiary/aromatic N) is 6. The molecule has 0 unspecified atom stereocenters. The van der Waals surface area contributed by atoms with Crippen LogP contribution >= 0.6 is 11.3 Å². The minimum Gasteiger partial charge on any atom is -0.323 e. The predicted molar refractivity (Wildman–Crippen MR) is 71.0 cm³/mol. The second kappa shape index (κ2) is 4.48. The summed E-state index contributed by atoms with van der Waals surface area (Å²) in [7, 11) is 0. The molecule has 3 aromatic rings. The molecular formula is C12H12N6S. The summed E-state index contributed by atoms with van der Waals surface area (Å²) >= 11 is 1.61. The van der Waals surface area contributed by atoms with Crippen molar-refractivity contribution in [1.29, 1.82) is 5.26 Å². The second-order valence-corrected chi connectivity index (χ2v) is 5.65. The van der Waals surface area contributed by atoms with Crippen LogP contribution in [0, 0.1) is 11.3 Å². The number of aromatic nitrogens is 5. The fourth-order valence-corrected chi connectivity index (χ4v) is 2.73. The van der Waals surface area contributed by atoms with Crippen molar-refractivity contribution < 1.29 is 0 Å². The fraction of sp³-hybridized carbons (Fsp3) is 0.333. The maximum Gasteiger partial charge on any atom is 0.154 e. The third-order valence-corrected chi connectivity index (χ3v) is 4.04. The molecule has 96 valence electrons. The number of hydrogen-bond acceptors (Lipinski definition) is 5. The Morgan fingerprint density at radius 3 is 2.89 bits per heavy atom. The second-order valence-electron chi connectivity index (χ2n) is 4.55. The Hall–Kier alpha value is -2.20. The molecule has 0 aliphatic carbocycles. The van der Waals surface area contributed by atoms with Crippen molar-refractivity contribution in [2.45, 2.75) is 26.3 Å². The molecule has 7 heteroatoms. The number of fused-ring (bicyclic) bond motifs is 1. The summed E-state index contributed by atoms with van der Waals surface area (Å²) in [4.78, 5) is 0. The number of rotatable bonds is 3. The molecule has 0 spiro atoms. The first-order valence-corrected chi connectivity index (χ1v) is 6.75. The van der Waals surface area contributed by atoms with Crippen molar-refractivity contribution in [1.82, 2.24) is 24.4 Å². The highest BCUT2D eigenvalue weighted by atomic mass is 32.1. The first-order valence-electron chi connectivity index (χ1n) is 5.94. The van der Waals surface area contributed by atoms with Gasteiger partial charge in [0.05, 0.1) is 12.7 Å². The van der Waals surface area contributed by atoms with Crippen molar-refractivity contribution in [2.24, 2.45) is 0 Å². The topological polar surface area (TPSA) is 71.8 Å². The van der Waals surface area contributed by atoms with E-state index in [9.17, 15) is 0 Å². The van der Waals surface area contributed by atoms with E-state index in [0.29, 0.717) is 18.0 Å². The largest absolute Gasteiger partial charge is 0.323 e. The zero-order valence-electron chi connectivity index (χ0n) is 10.6. The third kappa shape index (κ3) is 2.00. The van der Waals surface area contributed by atoms with Gasteiger partial charge in [-0.15, -0.1) is 10.2 Å². The number of hydrogen-bond donors (Lipinski definition) is 0. The van der Waals surface area contributed by atoms with Gasteiger partial charge in [-0.2, -0.15) is 10.4 Å².